The Morgan fingerprint density at radius 2 is 2.33 bits per heavy atom. The number of hydrogen-bond donors (Lipinski definition) is 0. The zero-order valence-electron chi connectivity index (χ0n) is 12.1. The summed E-state index contributed by atoms with van der Waals surface area (Å²) < 4.78 is 11.4. The van der Waals surface area contributed by atoms with Gasteiger partial charge < -0.3 is 9.15 Å². The number of hydrogen-bond acceptors (Lipinski definition) is 6. The lowest BCUT2D eigenvalue weighted by Crippen LogP contribution is -2.39. The zero-order valence-corrected chi connectivity index (χ0v) is 13.7. The van der Waals surface area contributed by atoms with E-state index in [9.17, 15) is 0 Å². The summed E-state index contributed by atoms with van der Waals surface area (Å²) in [4.78, 5) is 3.45. The molecular weight excluding hydrogens is 310 g/mol. The van der Waals surface area contributed by atoms with E-state index >= 15 is 0 Å². The number of aromatic nitrogens is 2. The van der Waals surface area contributed by atoms with Crippen molar-refractivity contribution in [1.82, 2.24) is 15.1 Å². The highest BCUT2D eigenvalue weighted by Crippen LogP contribution is 2.30. The van der Waals surface area contributed by atoms with E-state index in [4.69, 9.17) is 20.8 Å². The molecule has 0 aliphatic carbocycles. The molecule has 0 spiro atoms. The lowest BCUT2D eigenvalue weighted by Gasteiger charge is -2.33. The van der Waals surface area contributed by atoms with Crippen LogP contribution in [0.15, 0.2) is 15.9 Å². The summed E-state index contributed by atoms with van der Waals surface area (Å²) in [6.45, 7) is 6.98. The second kappa shape index (κ2) is 6.44. The molecule has 3 heterocycles. The maximum absolute atomic E-state index is 6.20. The van der Waals surface area contributed by atoms with Crippen LogP contribution >= 0.6 is 22.9 Å². The second-order valence-electron chi connectivity index (χ2n) is 5.39. The molecule has 1 saturated heterocycles. The zero-order chi connectivity index (χ0) is 14.8. The lowest BCUT2D eigenvalue weighted by molar-refractivity contribution is -0.0222. The smallest absolute Gasteiger partial charge is 0.236 e. The molecule has 0 amide bonds. The van der Waals surface area contributed by atoms with E-state index in [0.717, 1.165) is 23.0 Å². The maximum Gasteiger partial charge on any atom is 0.236 e. The van der Waals surface area contributed by atoms with Crippen molar-refractivity contribution in [2.75, 3.05) is 19.8 Å². The van der Waals surface area contributed by atoms with Gasteiger partial charge in [0.25, 0.3) is 0 Å². The Morgan fingerprint density at radius 3 is 3.00 bits per heavy atom. The molecule has 1 aliphatic rings. The van der Waals surface area contributed by atoms with Crippen LogP contribution in [0.25, 0.3) is 0 Å². The summed E-state index contributed by atoms with van der Waals surface area (Å²) >= 11 is 7.87. The Labute approximate surface area is 132 Å². The van der Waals surface area contributed by atoms with Crippen molar-refractivity contribution < 1.29 is 9.15 Å². The topological polar surface area (TPSA) is 51.4 Å². The van der Waals surface area contributed by atoms with Crippen LogP contribution in [0.2, 0.25) is 5.02 Å². The Bertz CT molecular complexity index is 599. The van der Waals surface area contributed by atoms with Crippen molar-refractivity contribution in [3.63, 3.8) is 0 Å². The van der Waals surface area contributed by atoms with E-state index in [1.165, 1.54) is 0 Å². The molecule has 0 saturated carbocycles. The van der Waals surface area contributed by atoms with Gasteiger partial charge in [-0.3, -0.25) is 4.90 Å². The van der Waals surface area contributed by atoms with Crippen LogP contribution in [0.3, 0.4) is 0 Å². The van der Waals surface area contributed by atoms with E-state index in [-0.39, 0.29) is 12.0 Å². The normalized spacial score (nSPS) is 20.3. The van der Waals surface area contributed by atoms with Crippen molar-refractivity contribution >= 4 is 22.9 Å². The standard InChI is InChI=1S/C14H18ClN3O2S/c1-9(2)13-16-17-14(20-13)11-8-19-5-4-18(11)7-12-10(15)3-6-21-12/h3,6,9,11H,4-5,7-8H2,1-2H3. The van der Waals surface area contributed by atoms with Crippen molar-refractivity contribution in [1.29, 1.82) is 0 Å². The molecule has 1 unspecified atom stereocenters. The van der Waals surface area contributed by atoms with E-state index in [0.29, 0.717) is 25.0 Å². The highest BCUT2D eigenvalue weighted by atomic mass is 35.5. The fourth-order valence-electron chi connectivity index (χ4n) is 2.29. The minimum Gasteiger partial charge on any atom is -0.423 e. The van der Waals surface area contributed by atoms with Gasteiger partial charge in [0.05, 0.1) is 18.2 Å². The van der Waals surface area contributed by atoms with E-state index in [1.807, 2.05) is 25.3 Å². The summed E-state index contributed by atoms with van der Waals surface area (Å²) in [5, 5.41) is 11.1. The molecule has 0 aromatic carbocycles. The third-order valence-corrected chi connectivity index (χ3v) is 4.88. The first-order valence-corrected chi connectivity index (χ1v) is 8.28. The molecule has 3 rings (SSSR count). The molecule has 7 heteroatoms. The number of ether oxygens (including phenoxy) is 1. The van der Waals surface area contributed by atoms with Gasteiger partial charge in [-0.15, -0.1) is 21.5 Å². The highest BCUT2D eigenvalue weighted by molar-refractivity contribution is 7.10. The average molecular weight is 328 g/mol. The van der Waals surface area contributed by atoms with Crippen molar-refractivity contribution in [3.8, 4) is 0 Å². The molecule has 1 atom stereocenters. The Morgan fingerprint density at radius 1 is 1.48 bits per heavy atom. The Kier molecular flexibility index (Phi) is 4.59. The molecule has 0 radical (unpaired) electrons. The Balaban J connectivity index is 1.79. The SMILES string of the molecule is CC(C)c1nnc(C2COCCN2Cc2sccc2Cl)o1. The minimum absolute atomic E-state index is 0.00285. The van der Waals surface area contributed by atoms with Gasteiger partial charge in [-0.05, 0) is 11.4 Å². The summed E-state index contributed by atoms with van der Waals surface area (Å²) in [6, 6.07) is 1.93. The van der Waals surface area contributed by atoms with Crippen LogP contribution in [-0.4, -0.2) is 34.9 Å². The first-order valence-electron chi connectivity index (χ1n) is 7.02. The molecule has 114 valence electrons. The fourth-order valence-corrected chi connectivity index (χ4v) is 3.41. The molecule has 2 aromatic rings. The largest absolute Gasteiger partial charge is 0.423 e. The highest BCUT2D eigenvalue weighted by Gasteiger charge is 2.30. The maximum atomic E-state index is 6.20. The number of thiophene rings is 1. The van der Waals surface area contributed by atoms with E-state index in [2.05, 4.69) is 15.1 Å². The molecular formula is C14H18ClN3O2S. The number of morpholine rings is 1. The average Bonchev–Trinajstić information content (AvgIpc) is 3.10. The summed E-state index contributed by atoms with van der Waals surface area (Å²) in [7, 11) is 0. The van der Waals surface area contributed by atoms with Crippen LogP contribution in [0.5, 0.6) is 0 Å². The van der Waals surface area contributed by atoms with Gasteiger partial charge in [0.2, 0.25) is 11.8 Å². The summed E-state index contributed by atoms with van der Waals surface area (Å²) in [5.41, 5.74) is 0. The van der Waals surface area contributed by atoms with Crippen LogP contribution < -0.4 is 0 Å². The van der Waals surface area contributed by atoms with Crippen molar-refractivity contribution in [2.24, 2.45) is 0 Å². The monoisotopic (exact) mass is 327 g/mol. The molecule has 0 N–H and O–H groups in total. The summed E-state index contributed by atoms with van der Waals surface area (Å²) in [6.07, 6.45) is 0. The molecule has 1 fully saturated rings. The van der Waals surface area contributed by atoms with Gasteiger partial charge in [0, 0.05) is 23.9 Å². The van der Waals surface area contributed by atoms with Gasteiger partial charge in [-0.1, -0.05) is 25.4 Å². The predicted octanol–water partition coefficient (Wildman–Crippen LogP) is 3.48. The van der Waals surface area contributed by atoms with Gasteiger partial charge in [-0.2, -0.15) is 0 Å². The van der Waals surface area contributed by atoms with Gasteiger partial charge in [-0.25, -0.2) is 0 Å². The molecule has 2 aromatic heterocycles. The van der Waals surface area contributed by atoms with Gasteiger partial charge in [0.15, 0.2) is 0 Å². The number of nitrogens with zero attached hydrogens (tertiary/aromatic N) is 3. The van der Waals surface area contributed by atoms with Crippen LogP contribution in [-0.2, 0) is 11.3 Å². The minimum atomic E-state index is -0.00285. The fraction of sp³-hybridized carbons (Fsp3) is 0.571. The molecule has 21 heavy (non-hydrogen) atoms. The van der Waals surface area contributed by atoms with Crippen LogP contribution in [0.1, 0.15) is 42.5 Å². The Hall–Kier alpha value is -0.950. The first kappa shape index (κ1) is 15.0. The number of halogens is 1. The quantitative estimate of drug-likeness (QED) is 0.860. The van der Waals surface area contributed by atoms with E-state index < -0.39 is 0 Å². The van der Waals surface area contributed by atoms with Crippen LogP contribution in [0.4, 0.5) is 0 Å². The van der Waals surface area contributed by atoms with Gasteiger partial charge in [0.1, 0.15) is 6.04 Å². The summed E-state index contributed by atoms with van der Waals surface area (Å²) in [5.74, 6) is 1.53. The van der Waals surface area contributed by atoms with Crippen molar-refractivity contribution in [3.05, 3.63) is 33.1 Å². The first-order chi connectivity index (χ1) is 10.1. The van der Waals surface area contributed by atoms with Gasteiger partial charge >= 0.3 is 0 Å². The molecule has 0 bridgehead atoms. The van der Waals surface area contributed by atoms with Crippen LogP contribution in [0, 0.1) is 0 Å². The predicted molar refractivity (Wildman–Crippen MR) is 81.7 cm³/mol. The third-order valence-electron chi connectivity index (χ3n) is 3.51. The number of rotatable bonds is 4. The van der Waals surface area contributed by atoms with Crippen molar-refractivity contribution in [2.45, 2.75) is 32.4 Å². The molecule has 1 aliphatic heterocycles. The van der Waals surface area contributed by atoms with E-state index in [1.54, 1.807) is 11.3 Å². The molecule has 5 nitrogen and oxygen atoms in total. The second-order valence-corrected chi connectivity index (χ2v) is 6.79. The lowest BCUT2D eigenvalue weighted by atomic mass is 10.2. The third kappa shape index (κ3) is 3.29.